The van der Waals surface area contributed by atoms with Gasteiger partial charge in [0.2, 0.25) is 10.9 Å². The molecule has 1 aliphatic heterocycles. The molecule has 1 atom stereocenters. The van der Waals surface area contributed by atoms with Crippen LogP contribution in [0.3, 0.4) is 0 Å². The summed E-state index contributed by atoms with van der Waals surface area (Å²) < 4.78 is 0. The summed E-state index contributed by atoms with van der Waals surface area (Å²) in [5.41, 5.74) is 1.47. The first-order valence-corrected chi connectivity index (χ1v) is 6.82. The van der Waals surface area contributed by atoms with Crippen molar-refractivity contribution in [1.82, 2.24) is 0 Å². The lowest BCUT2D eigenvalue weighted by molar-refractivity contribution is 0.446. The Labute approximate surface area is 112 Å². The van der Waals surface area contributed by atoms with E-state index in [1.54, 1.807) is 0 Å². The standard InChI is InChI=1S/C16H17NO2/c1-11-6-5-9-17(10-11)14-13(15(18)16(14)19)12-7-3-2-4-8-12/h2-4,7-8,11H,5-6,9-10H2,1H3. The Kier molecular flexibility index (Phi) is 2.97. The van der Waals surface area contributed by atoms with Crippen molar-refractivity contribution in [2.24, 2.45) is 5.92 Å². The van der Waals surface area contributed by atoms with Crippen molar-refractivity contribution < 1.29 is 0 Å². The number of hydrogen-bond donors (Lipinski definition) is 0. The summed E-state index contributed by atoms with van der Waals surface area (Å²) in [6.07, 6.45) is 2.29. The number of hydrogen-bond acceptors (Lipinski definition) is 3. The minimum absolute atomic E-state index is 0.312. The molecule has 3 rings (SSSR count). The molecule has 0 saturated carbocycles. The summed E-state index contributed by atoms with van der Waals surface area (Å²) in [4.78, 5) is 25.9. The van der Waals surface area contributed by atoms with Crippen LogP contribution in [0.4, 0.5) is 5.69 Å². The lowest BCUT2D eigenvalue weighted by Gasteiger charge is -2.34. The predicted octanol–water partition coefficient (Wildman–Crippen LogP) is 2.19. The van der Waals surface area contributed by atoms with E-state index in [4.69, 9.17) is 0 Å². The zero-order valence-corrected chi connectivity index (χ0v) is 11.1. The molecule has 19 heavy (non-hydrogen) atoms. The van der Waals surface area contributed by atoms with Crippen molar-refractivity contribution >= 4 is 5.69 Å². The van der Waals surface area contributed by atoms with E-state index in [2.05, 4.69) is 11.8 Å². The molecule has 98 valence electrons. The van der Waals surface area contributed by atoms with E-state index < -0.39 is 0 Å². The van der Waals surface area contributed by atoms with Crippen LogP contribution in [-0.2, 0) is 0 Å². The summed E-state index contributed by atoms with van der Waals surface area (Å²) in [5, 5.41) is 0. The van der Waals surface area contributed by atoms with Gasteiger partial charge in [0.05, 0.1) is 5.56 Å². The van der Waals surface area contributed by atoms with Gasteiger partial charge < -0.3 is 4.90 Å². The van der Waals surface area contributed by atoms with Crippen LogP contribution in [0.2, 0.25) is 0 Å². The van der Waals surface area contributed by atoms with Gasteiger partial charge >= 0.3 is 0 Å². The average Bonchev–Trinajstić information content (AvgIpc) is 2.44. The zero-order valence-electron chi connectivity index (χ0n) is 11.1. The van der Waals surface area contributed by atoms with Crippen LogP contribution in [0.5, 0.6) is 0 Å². The highest BCUT2D eigenvalue weighted by atomic mass is 16.2. The molecule has 0 N–H and O–H groups in total. The molecule has 3 heteroatoms. The van der Waals surface area contributed by atoms with Gasteiger partial charge in [0.15, 0.2) is 0 Å². The van der Waals surface area contributed by atoms with Crippen molar-refractivity contribution in [3.63, 3.8) is 0 Å². The van der Waals surface area contributed by atoms with Crippen LogP contribution >= 0.6 is 0 Å². The Morgan fingerprint density at radius 3 is 2.53 bits per heavy atom. The highest BCUT2D eigenvalue weighted by molar-refractivity contribution is 5.82. The van der Waals surface area contributed by atoms with E-state index in [-0.39, 0.29) is 10.9 Å². The first-order valence-electron chi connectivity index (χ1n) is 6.82. The molecule has 1 unspecified atom stereocenters. The molecule has 1 heterocycles. The second kappa shape index (κ2) is 4.65. The summed E-state index contributed by atoms with van der Waals surface area (Å²) >= 11 is 0. The topological polar surface area (TPSA) is 37.4 Å². The molecule has 1 fully saturated rings. The van der Waals surface area contributed by atoms with Crippen molar-refractivity contribution in [3.05, 3.63) is 50.8 Å². The summed E-state index contributed by atoms with van der Waals surface area (Å²) in [6.45, 7) is 3.96. The Bertz CT molecular complexity index is 653. The molecule has 2 aromatic carbocycles. The van der Waals surface area contributed by atoms with E-state index >= 15 is 0 Å². The van der Waals surface area contributed by atoms with Gasteiger partial charge in [-0.1, -0.05) is 37.3 Å². The molecule has 2 aromatic rings. The van der Waals surface area contributed by atoms with Gasteiger partial charge in [-0.3, -0.25) is 9.59 Å². The quantitative estimate of drug-likeness (QED) is 0.772. The van der Waals surface area contributed by atoms with Crippen LogP contribution in [0, 0.1) is 5.92 Å². The van der Waals surface area contributed by atoms with Gasteiger partial charge in [0.25, 0.3) is 0 Å². The van der Waals surface area contributed by atoms with Gasteiger partial charge in [-0.15, -0.1) is 0 Å². The van der Waals surface area contributed by atoms with Gasteiger partial charge in [-0.2, -0.15) is 0 Å². The monoisotopic (exact) mass is 255 g/mol. The number of rotatable bonds is 2. The number of nitrogens with zero attached hydrogens (tertiary/aromatic N) is 1. The van der Waals surface area contributed by atoms with Crippen LogP contribution < -0.4 is 15.8 Å². The normalized spacial score (nSPS) is 19.8. The second-order valence-electron chi connectivity index (χ2n) is 5.44. The van der Waals surface area contributed by atoms with Crippen molar-refractivity contribution in [3.8, 4) is 11.1 Å². The summed E-state index contributed by atoms with van der Waals surface area (Å²) in [7, 11) is 0. The SMILES string of the molecule is CC1CCCN(c2c(-c3ccccc3)c(=O)c2=O)C1. The Morgan fingerprint density at radius 2 is 1.84 bits per heavy atom. The molecule has 1 aliphatic rings. The van der Waals surface area contributed by atoms with Gasteiger partial charge in [0.1, 0.15) is 5.69 Å². The fraction of sp³-hybridized carbons (Fsp3) is 0.375. The maximum atomic E-state index is 11.9. The fourth-order valence-electron chi connectivity index (χ4n) is 2.95. The van der Waals surface area contributed by atoms with Crippen LogP contribution in [0.25, 0.3) is 11.1 Å². The Morgan fingerprint density at radius 1 is 1.11 bits per heavy atom. The number of anilines is 1. The maximum Gasteiger partial charge on any atom is 0.250 e. The minimum Gasteiger partial charge on any atom is -0.367 e. The molecule has 3 nitrogen and oxygen atoms in total. The molecular formula is C16H17NO2. The van der Waals surface area contributed by atoms with Crippen LogP contribution in [-0.4, -0.2) is 13.1 Å². The van der Waals surface area contributed by atoms with Crippen molar-refractivity contribution in [2.75, 3.05) is 18.0 Å². The molecule has 0 spiro atoms. The summed E-state index contributed by atoms with van der Waals surface area (Å²) in [5.74, 6) is 0.585. The van der Waals surface area contributed by atoms with E-state index in [1.807, 2.05) is 30.3 Å². The molecule has 0 bridgehead atoms. The minimum atomic E-state index is -0.334. The fourth-order valence-corrected chi connectivity index (χ4v) is 2.95. The largest absolute Gasteiger partial charge is 0.367 e. The van der Waals surface area contributed by atoms with E-state index in [1.165, 1.54) is 6.42 Å². The molecular weight excluding hydrogens is 238 g/mol. The average molecular weight is 255 g/mol. The first-order chi connectivity index (χ1) is 9.18. The van der Waals surface area contributed by atoms with E-state index in [0.717, 1.165) is 25.1 Å². The third-order valence-electron chi connectivity index (χ3n) is 3.92. The van der Waals surface area contributed by atoms with E-state index in [9.17, 15) is 9.59 Å². The Balaban J connectivity index is 2.02. The van der Waals surface area contributed by atoms with Gasteiger partial charge in [0, 0.05) is 13.1 Å². The smallest absolute Gasteiger partial charge is 0.250 e. The zero-order chi connectivity index (χ0) is 13.4. The van der Waals surface area contributed by atoms with Crippen molar-refractivity contribution in [1.29, 1.82) is 0 Å². The highest BCUT2D eigenvalue weighted by Crippen LogP contribution is 2.29. The first kappa shape index (κ1) is 12.2. The molecule has 1 saturated heterocycles. The summed E-state index contributed by atoms with van der Waals surface area (Å²) in [6, 6.07) is 9.50. The number of benzene rings is 1. The highest BCUT2D eigenvalue weighted by Gasteiger charge is 2.28. The molecule has 0 aliphatic carbocycles. The molecule has 0 aromatic heterocycles. The van der Waals surface area contributed by atoms with Crippen LogP contribution in [0.1, 0.15) is 19.8 Å². The van der Waals surface area contributed by atoms with Crippen LogP contribution in [0.15, 0.2) is 39.9 Å². The van der Waals surface area contributed by atoms with Crippen molar-refractivity contribution in [2.45, 2.75) is 19.8 Å². The van der Waals surface area contributed by atoms with Gasteiger partial charge in [-0.05, 0) is 24.3 Å². The molecule has 0 radical (unpaired) electrons. The third kappa shape index (κ3) is 1.99. The van der Waals surface area contributed by atoms with E-state index in [0.29, 0.717) is 17.2 Å². The lowest BCUT2D eigenvalue weighted by Crippen LogP contribution is -2.45. The van der Waals surface area contributed by atoms with Gasteiger partial charge in [-0.25, -0.2) is 0 Å². The maximum absolute atomic E-state index is 11.9. The second-order valence-corrected chi connectivity index (χ2v) is 5.44. The third-order valence-corrected chi connectivity index (χ3v) is 3.92. The Hall–Kier alpha value is -1.90. The molecule has 0 amide bonds. The number of piperidine rings is 1. The lowest BCUT2D eigenvalue weighted by atomic mass is 9.94. The predicted molar refractivity (Wildman–Crippen MR) is 77.4 cm³/mol.